The summed E-state index contributed by atoms with van der Waals surface area (Å²) in [4.78, 5) is 0. The third-order valence-corrected chi connectivity index (χ3v) is 1.81. The summed E-state index contributed by atoms with van der Waals surface area (Å²) in [5.74, 6) is 0.754. The van der Waals surface area contributed by atoms with E-state index in [1.807, 2.05) is 31.2 Å². The normalized spacial score (nSPS) is 10.1. The standard InChI is InChI=1S/C11H17NO2/c1-2-13-8-5-9-14-11-7-4-3-6-10(11)12/h3-4,6-7H,2,5,8-9,12H2,1H3. The SMILES string of the molecule is CCOCCCOc1ccccc1N. The average Bonchev–Trinajstić information content (AvgIpc) is 2.20. The van der Waals surface area contributed by atoms with Gasteiger partial charge in [0.25, 0.3) is 0 Å². The highest BCUT2D eigenvalue weighted by molar-refractivity contribution is 5.51. The summed E-state index contributed by atoms with van der Waals surface area (Å²) in [5.41, 5.74) is 6.39. The summed E-state index contributed by atoms with van der Waals surface area (Å²) in [6, 6.07) is 7.50. The molecule has 0 unspecified atom stereocenters. The zero-order valence-corrected chi connectivity index (χ0v) is 8.53. The van der Waals surface area contributed by atoms with Crippen LogP contribution in [0.25, 0.3) is 0 Å². The molecule has 0 saturated carbocycles. The average molecular weight is 195 g/mol. The van der Waals surface area contributed by atoms with E-state index in [0.29, 0.717) is 12.3 Å². The van der Waals surface area contributed by atoms with Crippen LogP contribution < -0.4 is 10.5 Å². The Morgan fingerprint density at radius 2 is 2.00 bits per heavy atom. The third-order valence-electron chi connectivity index (χ3n) is 1.81. The Kier molecular flexibility index (Phi) is 4.86. The van der Waals surface area contributed by atoms with Crippen LogP contribution in [0.2, 0.25) is 0 Å². The van der Waals surface area contributed by atoms with E-state index in [1.165, 1.54) is 0 Å². The first kappa shape index (κ1) is 10.9. The predicted molar refractivity (Wildman–Crippen MR) is 57.5 cm³/mol. The fraction of sp³-hybridized carbons (Fsp3) is 0.455. The van der Waals surface area contributed by atoms with Gasteiger partial charge in [-0.3, -0.25) is 0 Å². The van der Waals surface area contributed by atoms with E-state index in [4.69, 9.17) is 15.2 Å². The molecule has 0 heterocycles. The second-order valence-electron chi connectivity index (χ2n) is 2.94. The lowest BCUT2D eigenvalue weighted by Gasteiger charge is -2.07. The molecule has 0 spiro atoms. The quantitative estimate of drug-likeness (QED) is 0.558. The van der Waals surface area contributed by atoms with Gasteiger partial charge in [0.1, 0.15) is 5.75 Å². The van der Waals surface area contributed by atoms with Crippen molar-refractivity contribution in [3.63, 3.8) is 0 Å². The third kappa shape index (κ3) is 3.66. The highest BCUT2D eigenvalue weighted by Crippen LogP contribution is 2.19. The lowest BCUT2D eigenvalue weighted by molar-refractivity contribution is 0.131. The number of ether oxygens (including phenoxy) is 2. The Bertz CT molecular complexity index is 263. The summed E-state index contributed by atoms with van der Waals surface area (Å²) in [7, 11) is 0. The van der Waals surface area contributed by atoms with Crippen LogP contribution in [0, 0.1) is 0 Å². The van der Waals surface area contributed by atoms with Gasteiger partial charge in [0, 0.05) is 19.6 Å². The van der Waals surface area contributed by atoms with Crippen LogP contribution in [0.4, 0.5) is 5.69 Å². The first-order valence-electron chi connectivity index (χ1n) is 4.89. The minimum atomic E-state index is 0.647. The fourth-order valence-electron chi connectivity index (χ4n) is 1.10. The zero-order valence-electron chi connectivity index (χ0n) is 8.53. The number of anilines is 1. The number of benzene rings is 1. The smallest absolute Gasteiger partial charge is 0.142 e. The largest absolute Gasteiger partial charge is 0.491 e. The van der Waals surface area contributed by atoms with Gasteiger partial charge in [0.2, 0.25) is 0 Å². The monoisotopic (exact) mass is 195 g/mol. The second kappa shape index (κ2) is 6.27. The van der Waals surface area contributed by atoms with Gasteiger partial charge in [0.05, 0.1) is 12.3 Å². The van der Waals surface area contributed by atoms with Crippen molar-refractivity contribution in [1.29, 1.82) is 0 Å². The molecule has 1 rings (SSSR count). The number of nitrogens with two attached hydrogens (primary N) is 1. The van der Waals surface area contributed by atoms with Crippen molar-refractivity contribution < 1.29 is 9.47 Å². The van der Waals surface area contributed by atoms with E-state index < -0.39 is 0 Å². The molecule has 3 heteroatoms. The van der Waals surface area contributed by atoms with Crippen molar-refractivity contribution in [3.8, 4) is 5.75 Å². The van der Waals surface area contributed by atoms with Crippen LogP contribution in [0.1, 0.15) is 13.3 Å². The maximum absolute atomic E-state index is 5.71. The Morgan fingerprint density at radius 1 is 1.21 bits per heavy atom. The molecule has 0 aliphatic heterocycles. The zero-order chi connectivity index (χ0) is 10.2. The molecule has 0 amide bonds. The molecule has 3 nitrogen and oxygen atoms in total. The lowest BCUT2D eigenvalue weighted by Crippen LogP contribution is -2.04. The van der Waals surface area contributed by atoms with Crippen molar-refractivity contribution in [2.24, 2.45) is 0 Å². The Balaban J connectivity index is 2.21. The Hall–Kier alpha value is -1.22. The topological polar surface area (TPSA) is 44.5 Å². The van der Waals surface area contributed by atoms with Gasteiger partial charge in [-0.25, -0.2) is 0 Å². The fourth-order valence-corrected chi connectivity index (χ4v) is 1.10. The molecular weight excluding hydrogens is 178 g/mol. The molecule has 0 bridgehead atoms. The molecule has 1 aromatic rings. The van der Waals surface area contributed by atoms with Gasteiger partial charge >= 0.3 is 0 Å². The van der Waals surface area contributed by atoms with Gasteiger partial charge < -0.3 is 15.2 Å². The summed E-state index contributed by atoms with van der Waals surface area (Å²) in [6.07, 6.45) is 0.891. The lowest BCUT2D eigenvalue weighted by atomic mass is 10.3. The van der Waals surface area contributed by atoms with E-state index in [9.17, 15) is 0 Å². The van der Waals surface area contributed by atoms with E-state index in [0.717, 1.165) is 25.4 Å². The number of hydrogen-bond donors (Lipinski definition) is 1. The molecule has 78 valence electrons. The second-order valence-corrected chi connectivity index (χ2v) is 2.94. The van der Waals surface area contributed by atoms with Gasteiger partial charge in [-0.15, -0.1) is 0 Å². The molecule has 0 atom stereocenters. The number of para-hydroxylation sites is 2. The van der Waals surface area contributed by atoms with Crippen LogP contribution in [0.15, 0.2) is 24.3 Å². The maximum Gasteiger partial charge on any atom is 0.142 e. The first-order valence-corrected chi connectivity index (χ1v) is 4.89. The molecule has 0 saturated heterocycles. The van der Waals surface area contributed by atoms with Crippen LogP contribution >= 0.6 is 0 Å². The van der Waals surface area contributed by atoms with Crippen molar-refractivity contribution in [3.05, 3.63) is 24.3 Å². The van der Waals surface area contributed by atoms with Crippen molar-refractivity contribution >= 4 is 5.69 Å². The summed E-state index contributed by atoms with van der Waals surface area (Å²) < 4.78 is 10.7. The van der Waals surface area contributed by atoms with Gasteiger partial charge in [-0.1, -0.05) is 12.1 Å². The van der Waals surface area contributed by atoms with Crippen molar-refractivity contribution in [2.45, 2.75) is 13.3 Å². The predicted octanol–water partition coefficient (Wildman–Crippen LogP) is 2.07. The minimum absolute atomic E-state index is 0.647. The van der Waals surface area contributed by atoms with Crippen molar-refractivity contribution in [2.75, 3.05) is 25.6 Å². The highest BCUT2D eigenvalue weighted by Gasteiger charge is 1.97. The molecule has 2 N–H and O–H groups in total. The van der Waals surface area contributed by atoms with Crippen LogP contribution in [-0.2, 0) is 4.74 Å². The number of hydrogen-bond acceptors (Lipinski definition) is 3. The van der Waals surface area contributed by atoms with Crippen molar-refractivity contribution in [1.82, 2.24) is 0 Å². The molecule has 0 radical (unpaired) electrons. The maximum atomic E-state index is 5.71. The Morgan fingerprint density at radius 3 is 2.71 bits per heavy atom. The molecule has 0 aliphatic carbocycles. The van der Waals surface area contributed by atoms with E-state index in [-0.39, 0.29) is 0 Å². The van der Waals surface area contributed by atoms with Gasteiger partial charge in [-0.05, 0) is 19.1 Å². The van der Waals surface area contributed by atoms with Gasteiger partial charge in [0.15, 0.2) is 0 Å². The summed E-state index contributed by atoms with van der Waals surface area (Å²) >= 11 is 0. The van der Waals surface area contributed by atoms with Gasteiger partial charge in [-0.2, -0.15) is 0 Å². The van der Waals surface area contributed by atoms with E-state index in [1.54, 1.807) is 0 Å². The molecule has 0 fully saturated rings. The minimum Gasteiger partial charge on any atom is -0.491 e. The molecule has 0 aromatic heterocycles. The Labute approximate surface area is 84.8 Å². The molecular formula is C11H17NO2. The number of nitrogen functional groups attached to an aromatic ring is 1. The summed E-state index contributed by atoms with van der Waals surface area (Å²) in [6.45, 7) is 4.13. The van der Waals surface area contributed by atoms with E-state index >= 15 is 0 Å². The van der Waals surface area contributed by atoms with Crippen LogP contribution in [0.5, 0.6) is 5.75 Å². The number of rotatable bonds is 6. The highest BCUT2D eigenvalue weighted by atomic mass is 16.5. The molecule has 1 aromatic carbocycles. The molecule has 14 heavy (non-hydrogen) atoms. The molecule has 0 aliphatic rings. The first-order chi connectivity index (χ1) is 6.84. The summed E-state index contributed by atoms with van der Waals surface area (Å²) in [5, 5.41) is 0. The van der Waals surface area contributed by atoms with Crippen LogP contribution in [0.3, 0.4) is 0 Å². The van der Waals surface area contributed by atoms with Crippen LogP contribution in [-0.4, -0.2) is 19.8 Å². The van der Waals surface area contributed by atoms with E-state index in [2.05, 4.69) is 0 Å².